The van der Waals surface area contributed by atoms with E-state index in [1.165, 1.54) is 19.3 Å². The van der Waals surface area contributed by atoms with Gasteiger partial charge >= 0.3 is 6.09 Å². The fourth-order valence-electron chi connectivity index (χ4n) is 3.24. The first-order valence-electron chi connectivity index (χ1n) is 8.90. The Hall–Kier alpha value is -1.85. The predicted octanol–water partition coefficient (Wildman–Crippen LogP) is 3.19. The van der Waals surface area contributed by atoms with Crippen LogP contribution in [0.4, 0.5) is 10.6 Å². The molecule has 0 unspecified atom stereocenters. The number of amides is 1. The molecule has 6 nitrogen and oxygen atoms in total. The topological polar surface area (TPSA) is 58.6 Å². The molecule has 6 heteroatoms. The quantitative estimate of drug-likeness (QED) is 0.832. The molecule has 3 rings (SSSR count). The van der Waals surface area contributed by atoms with E-state index in [1.807, 2.05) is 20.8 Å². The van der Waals surface area contributed by atoms with Gasteiger partial charge in [0.05, 0.1) is 0 Å². The Morgan fingerprint density at radius 2 is 2.00 bits per heavy atom. The average molecular weight is 332 g/mol. The fraction of sp³-hybridized carbons (Fsp3) is 0.722. The number of nitrogens with zero attached hydrogens (tertiary/aromatic N) is 4. The zero-order valence-corrected chi connectivity index (χ0v) is 15.2. The summed E-state index contributed by atoms with van der Waals surface area (Å²) in [6.45, 7) is 9.89. The molecule has 1 saturated heterocycles. The number of ether oxygens (including phenoxy) is 1. The Balaban J connectivity index is 1.64. The molecule has 1 aromatic rings. The van der Waals surface area contributed by atoms with Crippen molar-refractivity contribution in [2.24, 2.45) is 0 Å². The fourth-order valence-corrected chi connectivity index (χ4v) is 3.24. The van der Waals surface area contributed by atoms with Crippen molar-refractivity contribution in [3.63, 3.8) is 0 Å². The SMILES string of the molecule is C[C@H]1CN(C(=O)OC(C)(C)C)CCN1c1cc(C2CCC2)ncn1. The van der Waals surface area contributed by atoms with Crippen LogP contribution >= 0.6 is 0 Å². The number of rotatable bonds is 2. The number of aromatic nitrogens is 2. The lowest BCUT2D eigenvalue weighted by molar-refractivity contribution is 0.0218. The van der Waals surface area contributed by atoms with Crippen LogP contribution in [-0.2, 0) is 4.74 Å². The van der Waals surface area contributed by atoms with Gasteiger partial charge in [-0.1, -0.05) is 6.42 Å². The molecule has 2 fully saturated rings. The van der Waals surface area contributed by atoms with Crippen LogP contribution in [0.1, 0.15) is 58.6 Å². The molecular formula is C18H28N4O2. The van der Waals surface area contributed by atoms with E-state index < -0.39 is 5.60 Å². The number of carbonyl (C=O) groups excluding carboxylic acids is 1. The van der Waals surface area contributed by atoms with Crippen LogP contribution < -0.4 is 4.90 Å². The molecular weight excluding hydrogens is 304 g/mol. The van der Waals surface area contributed by atoms with Gasteiger partial charge in [-0.15, -0.1) is 0 Å². The lowest BCUT2D eigenvalue weighted by Crippen LogP contribution is -2.54. The summed E-state index contributed by atoms with van der Waals surface area (Å²) in [5, 5.41) is 0. The number of carbonyl (C=O) groups is 1. The summed E-state index contributed by atoms with van der Waals surface area (Å²) in [5.74, 6) is 1.58. The van der Waals surface area contributed by atoms with Gasteiger partial charge < -0.3 is 14.5 Å². The summed E-state index contributed by atoms with van der Waals surface area (Å²) in [4.78, 5) is 25.2. The number of hydrogen-bond donors (Lipinski definition) is 0. The molecule has 2 heterocycles. The summed E-state index contributed by atoms with van der Waals surface area (Å²) in [5.41, 5.74) is 0.704. The molecule has 1 saturated carbocycles. The zero-order valence-electron chi connectivity index (χ0n) is 15.2. The summed E-state index contributed by atoms with van der Waals surface area (Å²) in [6.07, 6.45) is 5.22. The monoisotopic (exact) mass is 332 g/mol. The first-order chi connectivity index (χ1) is 11.3. The lowest BCUT2D eigenvalue weighted by atomic mass is 9.83. The van der Waals surface area contributed by atoms with Crippen molar-refractivity contribution in [2.75, 3.05) is 24.5 Å². The Morgan fingerprint density at radius 1 is 1.25 bits per heavy atom. The molecule has 1 amide bonds. The Kier molecular flexibility index (Phi) is 4.65. The van der Waals surface area contributed by atoms with Gasteiger partial charge in [0.1, 0.15) is 17.7 Å². The normalized spacial score (nSPS) is 22.2. The van der Waals surface area contributed by atoms with E-state index in [1.54, 1.807) is 11.2 Å². The van der Waals surface area contributed by atoms with Crippen molar-refractivity contribution < 1.29 is 9.53 Å². The highest BCUT2D eigenvalue weighted by Crippen LogP contribution is 2.36. The van der Waals surface area contributed by atoms with Crippen LogP contribution in [0.2, 0.25) is 0 Å². The Morgan fingerprint density at radius 3 is 2.58 bits per heavy atom. The van der Waals surface area contributed by atoms with Gasteiger partial charge in [0.15, 0.2) is 0 Å². The van der Waals surface area contributed by atoms with Gasteiger partial charge in [0.2, 0.25) is 0 Å². The summed E-state index contributed by atoms with van der Waals surface area (Å²) >= 11 is 0. The molecule has 132 valence electrons. The molecule has 0 radical (unpaired) electrons. The maximum absolute atomic E-state index is 12.3. The lowest BCUT2D eigenvalue weighted by Gasteiger charge is -2.41. The van der Waals surface area contributed by atoms with E-state index in [-0.39, 0.29) is 12.1 Å². The number of anilines is 1. The largest absolute Gasteiger partial charge is 0.444 e. The summed E-state index contributed by atoms with van der Waals surface area (Å²) in [7, 11) is 0. The second-order valence-corrected chi connectivity index (χ2v) is 7.90. The average Bonchev–Trinajstić information content (AvgIpc) is 2.44. The maximum atomic E-state index is 12.3. The van der Waals surface area contributed by atoms with E-state index in [0.29, 0.717) is 19.0 Å². The molecule has 0 N–H and O–H groups in total. The second-order valence-electron chi connectivity index (χ2n) is 7.90. The van der Waals surface area contributed by atoms with Crippen LogP contribution in [0, 0.1) is 0 Å². The third-order valence-corrected chi connectivity index (χ3v) is 4.77. The van der Waals surface area contributed by atoms with E-state index in [0.717, 1.165) is 18.1 Å². The highest BCUT2D eigenvalue weighted by Gasteiger charge is 2.31. The smallest absolute Gasteiger partial charge is 0.410 e. The van der Waals surface area contributed by atoms with Crippen molar-refractivity contribution >= 4 is 11.9 Å². The van der Waals surface area contributed by atoms with Gasteiger partial charge in [0.25, 0.3) is 0 Å². The van der Waals surface area contributed by atoms with E-state index >= 15 is 0 Å². The van der Waals surface area contributed by atoms with E-state index in [9.17, 15) is 4.79 Å². The van der Waals surface area contributed by atoms with Crippen molar-refractivity contribution in [3.8, 4) is 0 Å². The minimum absolute atomic E-state index is 0.204. The minimum atomic E-state index is -0.457. The second kappa shape index (κ2) is 6.57. The van der Waals surface area contributed by atoms with Crippen molar-refractivity contribution in [1.82, 2.24) is 14.9 Å². The third-order valence-electron chi connectivity index (χ3n) is 4.77. The third kappa shape index (κ3) is 3.79. The van der Waals surface area contributed by atoms with Crippen LogP contribution in [0.5, 0.6) is 0 Å². The van der Waals surface area contributed by atoms with E-state index in [2.05, 4.69) is 27.9 Å². The molecule has 1 aliphatic heterocycles. The molecule has 1 aliphatic carbocycles. The van der Waals surface area contributed by atoms with Gasteiger partial charge in [-0.3, -0.25) is 0 Å². The molecule has 24 heavy (non-hydrogen) atoms. The number of piperazine rings is 1. The molecule has 0 aromatic carbocycles. The van der Waals surface area contributed by atoms with Gasteiger partial charge in [0, 0.05) is 43.4 Å². The first-order valence-corrected chi connectivity index (χ1v) is 8.90. The maximum Gasteiger partial charge on any atom is 0.410 e. The van der Waals surface area contributed by atoms with Crippen molar-refractivity contribution in [2.45, 2.75) is 64.5 Å². The highest BCUT2D eigenvalue weighted by atomic mass is 16.6. The number of hydrogen-bond acceptors (Lipinski definition) is 5. The minimum Gasteiger partial charge on any atom is -0.444 e. The van der Waals surface area contributed by atoms with Crippen LogP contribution in [0.25, 0.3) is 0 Å². The van der Waals surface area contributed by atoms with Crippen LogP contribution in [0.3, 0.4) is 0 Å². The van der Waals surface area contributed by atoms with E-state index in [4.69, 9.17) is 4.74 Å². The first kappa shape index (κ1) is 17.0. The Labute approximate surface area is 144 Å². The predicted molar refractivity (Wildman–Crippen MR) is 93.2 cm³/mol. The van der Waals surface area contributed by atoms with Crippen LogP contribution in [0.15, 0.2) is 12.4 Å². The summed E-state index contributed by atoms with van der Waals surface area (Å²) < 4.78 is 5.48. The van der Waals surface area contributed by atoms with Gasteiger partial charge in [-0.2, -0.15) is 0 Å². The van der Waals surface area contributed by atoms with Crippen LogP contribution in [-0.4, -0.2) is 52.2 Å². The van der Waals surface area contributed by atoms with Crippen molar-refractivity contribution in [3.05, 3.63) is 18.1 Å². The van der Waals surface area contributed by atoms with Gasteiger partial charge in [-0.25, -0.2) is 14.8 Å². The summed E-state index contributed by atoms with van der Waals surface area (Å²) in [6, 6.07) is 2.33. The zero-order chi connectivity index (χ0) is 17.3. The van der Waals surface area contributed by atoms with Gasteiger partial charge in [-0.05, 0) is 40.5 Å². The Bertz CT molecular complexity index is 595. The molecule has 0 spiro atoms. The molecule has 1 aromatic heterocycles. The standard InChI is InChI=1S/C18H28N4O2/c1-13-11-21(17(23)24-18(2,3)4)8-9-22(13)16-10-15(19-12-20-16)14-6-5-7-14/h10,12-14H,5-9,11H2,1-4H3/t13-/m0/s1. The molecule has 2 aliphatic rings. The molecule has 0 bridgehead atoms. The van der Waals surface area contributed by atoms with Crippen molar-refractivity contribution in [1.29, 1.82) is 0 Å². The molecule has 1 atom stereocenters. The highest BCUT2D eigenvalue weighted by molar-refractivity contribution is 5.68.